The minimum absolute atomic E-state index is 0.0332. The van der Waals surface area contributed by atoms with Gasteiger partial charge in [-0.05, 0) is 44.9 Å². The van der Waals surface area contributed by atoms with Crippen LogP contribution in [0.3, 0.4) is 0 Å². The van der Waals surface area contributed by atoms with Crippen LogP contribution in [-0.4, -0.2) is 40.1 Å². The van der Waals surface area contributed by atoms with Crippen molar-refractivity contribution in [2.24, 2.45) is 0 Å². The van der Waals surface area contributed by atoms with Gasteiger partial charge in [0.2, 0.25) is 0 Å². The summed E-state index contributed by atoms with van der Waals surface area (Å²) in [5.74, 6) is -0.875. The number of anilines is 1. The number of para-hydroxylation sites is 1. The predicted octanol–water partition coefficient (Wildman–Crippen LogP) is 2.87. The molecule has 138 valence electrons. The number of nitriles is 1. The molecule has 26 heavy (non-hydrogen) atoms. The molecule has 2 heterocycles. The van der Waals surface area contributed by atoms with E-state index in [4.69, 9.17) is 0 Å². The molecule has 2 aliphatic heterocycles. The van der Waals surface area contributed by atoms with Crippen molar-refractivity contribution in [3.8, 4) is 6.07 Å². The minimum Gasteiger partial charge on any atom is -0.480 e. The summed E-state index contributed by atoms with van der Waals surface area (Å²) < 4.78 is 0. The van der Waals surface area contributed by atoms with Crippen molar-refractivity contribution in [3.63, 3.8) is 0 Å². The Labute approximate surface area is 154 Å². The third kappa shape index (κ3) is 2.77. The molecule has 0 amide bonds. The summed E-state index contributed by atoms with van der Waals surface area (Å²) in [6.45, 7) is 9.81. The average Bonchev–Trinajstić information content (AvgIpc) is 2.96. The number of nitrogens with zero attached hydrogens (tertiary/aromatic N) is 3. The van der Waals surface area contributed by atoms with Crippen molar-refractivity contribution < 1.29 is 9.90 Å². The molecule has 6 heteroatoms. The first kappa shape index (κ1) is 18.4. The zero-order valence-corrected chi connectivity index (χ0v) is 15.8. The van der Waals surface area contributed by atoms with E-state index in [2.05, 4.69) is 37.2 Å². The second-order valence-electron chi connectivity index (χ2n) is 7.91. The summed E-state index contributed by atoms with van der Waals surface area (Å²) in [5, 5.41) is 21.4. The van der Waals surface area contributed by atoms with Crippen LogP contribution in [0.1, 0.15) is 46.1 Å². The molecule has 3 rings (SSSR count). The van der Waals surface area contributed by atoms with Gasteiger partial charge in [-0.2, -0.15) is 5.26 Å². The summed E-state index contributed by atoms with van der Waals surface area (Å²) >= 11 is 0. The van der Waals surface area contributed by atoms with Gasteiger partial charge in [0, 0.05) is 30.7 Å². The highest BCUT2D eigenvalue weighted by Crippen LogP contribution is 2.41. The first-order chi connectivity index (χ1) is 12.2. The molecule has 0 aromatic heterocycles. The number of nitrogens with one attached hydrogen (secondary N) is 1. The predicted molar refractivity (Wildman–Crippen MR) is 100 cm³/mol. The van der Waals surface area contributed by atoms with E-state index in [1.165, 1.54) is 0 Å². The van der Waals surface area contributed by atoms with E-state index in [9.17, 15) is 15.2 Å². The lowest BCUT2D eigenvalue weighted by Crippen LogP contribution is -2.56. The van der Waals surface area contributed by atoms with Crippen molar-refractivity contribution in [1.29, 1.82) is 5.26 Å². The molecular weight excluding hydrogens is 328 g/mol. The summed E-state index contributed by atoms with van der Waals surface area (Å²) in [4.78, 5) is 14.6. The van der Waals surface area contributed by atoms with E-state index in [1.54, 1.807) is 6.07 Å². The number of carboxylic acids is 1. The Morgan fingerprint density at radius 3 is 2.65 bits per heavy atom. The standard InChI is InChI=1S/C20H26N4O2/c1-5-20(18(25)26)15-13-23(19(2,3)4)11-10-17(15)24(22-20)16-9-7-6-8-14(16)12-21/h6-9,22H,5,10-11,13H2,1-4H3,(H,25,26). The van der Waals surface area contributed by atoms with E-state index in [-0.39, 0.29) is 5.54 Å². The maximum atomic E-state index is 12.3. The van der Waals surface area contributed by atoms with Crippen LogP contribution in [0.2, 0.25) is 0 Å². The van der Waals surface area contributed by atoms with E-state index < -0.39 is 11.5 Å². The summed E-state index contributed by atoms with van der Waals surface area (Å²) in [7, 11) is 0. The second-order valence-corrected chi connectivity index (χ2v) is 7.91. The fourth-order valence-electron chi connectivity index (χ4n) is 3.87. The maximum absolute atomic E-state index is 12.3. The van der Waals surface area contributed by atoms with Gasteiger partial charge in [-0.3, -0.25) is 9.91 Å². The molecule has 0 saturated carbocycles. The normalized spacial score (nSPS) is 23.7. The zero-order chi connectivity index (χ0) is 19.1. The van der Waals surface area contributed by atoms with Gasteiger partial charge in [0.1, 0.15) is 6.07 Å². The molecule has 2 aliphatic rings. The summed E-state index contributed by atoms with van der Waals surface area (Å²) in [6, 6.07) is 9.52. The number of carbonyl (C=O) groups is 1. The van der Waals surface area contributed by atoms with E-state index >= 15 is 0 Å². The number of carboxylic acid groups (broad SMARTS) is 1. The molecule has 1 aromatic rings. The van der Waals surface area contributed by atoms with Crippen LogP contribution in [0.15, 0.2) is 35.5 Å². The van der Waals surface area contributed by atoms with Crippen LogP contribution >= 0.6 is 0 Å². The minimum atomic E-state index is -1.14. The third-order valence-electron chi connectivity index (χ3n) is 5.51. The molecule has 1 unspecified atom stereocenters. The van der Waals surface area contributed by atoms with Crippen LogP contribution in [0, 0.1) is 11.3 Å². The Balaban J connectivity index is 2.12. The number of hydrogen-bond donors (Lipinski definition) is 2. The monoisotopic (exact) mass is 354 g/mol. The van der Waals surface area contributed by atoms with Crippen molar-refractivity contribution in [2.75, 3.05) is 18.1 Å². The summed E-state index contributed by atoms with van der Waals surface area (Å²) in [6.07, 6.45) is 1.18. The van der Waals surface area contributed by atoms with E-state index in [1.807, 2.05) is 30.1 Å². The van der Waals surface area contributed by atoms with Crippen LogP contribution in [-0.2, 0) is 4.79 Å². The molecule has 1 aromatic carbocycles. The topological polar surface area (TPSA) is 79.6 Å². The molecule has 0 spiro atoms. The Morgan fingerprint density at radius 2 is 2.08 bits per heavy atom. The van der Waals surface area contributed by atoms with Gasteiger partial charge >= 0.3 is 5.97 Å². The number of rotatable bonds is 3. The lowest BCUT2D eigenvalue weighted by Gasteiger charge is -2.40. The van der Waals surface area contributed by atoms with Gasteiger partial charge in [-0.25, -0.2) is 10.2 Å². The molecule has 1 atom stereocenters. The van der Waals surface area contributed by atoms with E-state index in [0.29, 0.717) is 24.2 Å². The molecule has 0 bridgehead atoms. The number of hydrogen-bond acceptors (Lipinski definition) is 5. The van der Waals surface area contributed by atoms with Crippen molar-refractivity contribution in [3.05, 3.63) is 41.1 Å². The fourth-order valence-corrected chi connectivity index (χ4v) is 3.87. The first-order valence-corrected chi connectivity index (χ1v) is 9.02. The molecule has 0 aliphatic carbocycles. The Kier molecular flexibility index (Phi) is 4.55. The van der Waals surface area contributed by atoms with Crippen LogP contribution in [0.5, 0.6) is 0 Å². The fraction of sp³-hybridized carbons (Fsp3) is 0.500. The van der Waals surface area contributed by atoms with Crippen molar-refractivity contribution in [1.82, 2.24) is 10.3 Å². The molecule has 0 saturated heterocycles. The zero-order valence-electron chi connectivity index (χ0n) is 15.8. The highest BCUT2D eigenvalue weighted by Gasteiger charge is 2.52. The van der Waals surface area contributed by atoms with Gasteiger partial charge < -0.3 is 5.11 Å². The third-order valence-corrected chi connectivity index (χ3v) is 5.51. The van der Waals surface area contributed by atoms with Gasteiger partial charge in [-0.1, -0.05) is 19.1 Å². The Bertz CT molecular complexity index is 803. The smallest absolute Gasteiger partial charge is 0.330 e. The first-order valence-electron chi connectivity index (χ1n) is 9.02. The number of benzene rings is 1. The molecule has 0 radical (unpaired) electrons. The lowest BCUT2D eigenvalue weighted by atomic mass is 9.84. The Hall–Kier alpha value is -2.36. The highest BCUT2D eigenvalue weighted by molar-refractivity contribution is 5.86. The molecule has 2 N–H and O–H groups in total. The van der Waals surface area contributed by atoms with Gasteiger partial charge in [0.15, 0.2) is 5.54 Å². The van der Waals surface area contributed by atoms with Crippen LogP contribution in [0.25, 0.3) is 0 Å². The Morgan fingerprint density at radius 1 is 1.38 bits per heavy atom. The van der Waals surface area contributed by atoms with Gasteiger partial charge in [-0.15, -0.1) is 0 Å². The van der Waals surface area contributed by atoms with Gasteiger partial charge in [0.05, 0.1) is 11.3 Å². The van der Waals surface area contributed by atoms with Gasteiger partial charge in [0.25, 0.3) is 0 Å². The number of aliphatic carboxylic acids is 1. The quantitative estimate of drug-likeness (QED) is 0.869. The van der Waals surface area contributed by atoms with Crippen LogP contribution < -0.4 is 10.4 Å². The molecule has 6 nitrogen and oxygen atoms in total. The second kappa shape index (κ2) is 6.42. The van der Waals surface area contributed by atoms with Crippen molar-refractivity contribution >= 4 is 11.7 Å². The molecular formula is C20H26N4O2. The summed E-state index contributed by atoms with van der Waals surface area (Å²) in [5.41, 5.74) is 5.20. The lowest BCUT2D eigenvalue weighted by molar-refractivity contribution is -0.143. The SMILES string of the molecule is CCC1(C(=O)O)NN(c2ccccc2C#N)C2=C1CN(C(C)(C)C)CC2. The highest BCUT2D eigenvalue weighted by atomic mass is 16.4. The number of hydrazine groups is 1. The van der Waals surface area contributed by atoms with Crippen molar-refractivity contribution in [2.45, 2.75) is 51.6 Å². The largest absolute Gasteiger partial charge is 0.480 e. The molecule has 0 fully saturated rings. The maximum Gasteiger partial charge on any atom is 0.330 e. The van der Waals surface area contributed by atoms with Crippen LogP contribution in [0.4, 0.5) is 5.69 Å². The average molecular weight is 354 g/mol. The van der Waals surface area contributed by atoms with E-state index in [0.717, 1.165) is 24.2 Å².